The van der Waals surface area contributed by atoms with E-state index < -0.39 is 0 Å². The van der Waals surface area contributed by atoms with E-state index in [1.165, 1.54) is 11.3 Å². The van der Waals surface area contributed by atoms with Crippen molar-refractivity contribution in [2.75, 3.05) is 18.0 Å². The highest BCUT2D eigenvalue weighted by Gasteiger charge is 2.15. The lowest BCUT2D eigenvalue weighted by Crippen LogP contribution is -2.41. The predicted molar refractivity (Wildman–Crippen MR) is 76.5 cm³/mol. The molecule has 2 atom stereocenters. The fourth-order valence-electron chi connectivity index (χ4n) is 2.05. The minimum absolute atomic E-state index is 0.250. The third-order valence-corrected chi connectivity index (χ3v) is 3.64. The molecule has 0 aromatic heterocycles. The summed E-state index contributed by atoms with van der Waals surface area (Å²) in [5, 5.41) is 0. The summed E-state index contributed by atoms with van der Waals surface area (Å²) < 4.78 is 0. The molecule has 0 radical (unpaired) electrons. The largest absolute Gasteiger partial charge is 0.370 e. The minimum Gasteiger partial charge on any atom is -0.370 e. The lowest BCUT2D eigenvalue weighted by Gasteiger charge is -2.30. The number of benzene rings is 1. The standard InChI is InChI=1S/C15H26N2/c1-5-12(3)14(16)11-17(6-2)15-10-8-7-9-13(15)4/h7-10,12,14H,5-6,11,16H2,1-4H3. The number of nitrogens with two attached hydrogens (primary N) is 1. The summed E-state index contributed by atoms with van der Waals surface area (Å²) in [6.45, 7) is 10.7. The summed E-state index contributed by atoms with van der Waals surface area (Å²) in [4.78, 5) is 2.38. The number of anilines is 1. The molecule has 0 saturated heterocycles. The van der Waals surface area contributed by atoms with Gasteiger partial charge in [0.25, 0.3) is 0 Å². The van der Waals surface area contributed by atoms with Crippen LogP contribution in [0.1, 0.15) is 32.8 Å². The molecule has 1 rings (SSSR count). The number of hydrogen-bond acceptors (Lipinski definition) is 2. The van der Waals surface area contributed by atoms with Crippen LogP contribution in [0.15, 0.2) is 24.3 Å². The van der Waals surface area contributed by atoms with Crippen LogP contribution in [0.3, 0.4) is 0 Å². The highest BCUT2D eigenvalue weighted by Crippen LogP contribution is 2.20. The number of rotatable bonds is 6. The number of likely N-dealkylation sites (N-methyl/N-ethyl adjacent to an activating group) is 1. The van der Waals surface area contributed by atoms with Gasteiger partial charge >= 0.3 is 0 Å². The van der Waals surface area contributed by atoms with Gasteiger partial charge in [-0.15, -0.1) is 0 Å². The van der Waals surface area contributed by atoms with Crippen LogP contribution in [0.5, 0.6) is 0 Å². The molecule has 1 aromatic carbocycles. The molecule has 0 aliphatic carbocycles. The number of nitrogens with zero attached hydrogens (tertiary/aromatic N) is 1. The highest BCUT2D eigenvalue weighted by atomic mass is 15.1. The average molecular weight is 234 g/mol. The Morgan fingerprint density at radius 2 is 1.88 bits per heavy atom. The maximum Gasteiger partial charge on any atom is 0.0396 e. The molecule has 0 amide bonds. The lowest BCUT2D eigenvalue weighted by molar-refractivity contribution is 0.439. The molecule has 2 N–H and O–H groups in total. The third kappa shape index (κ3) is 3.74. The summed E-state index contributed by atoms with van der Waals surface area (Å²) >= 11 is 0. The van der Waals surface area contributed by atoms with Gasteiger partial charge in [0.05, 0.1) is 0 Å². The van der Waals surface area contributed by atoms with Crippen LogP contribution in [-0.2, 0) is 0 Å². The van der Waals surface area contributed by atoms with E-state index in [0.717, 1.165) is 19.5 Å². The van der Waals surface area contributed by atoms with Crippen LogP contribution < -0.4 is 10.6 Å². The normalized spacial score (nSPS) is 14.4. The van der Waals surface area contributed by atoms with Gasteiger partial charge in [0.2, 0.25) is 0 Å². The molecule has 96 valence electrons. The predicted octanol–water partition coefficient (Wildman–Crippen LogP) is 3.19. The molecule has 0 saturated carbocycles. The van der Waals surface area contributed by atoms with Crippen LogP contribution in [0.4, 0.5) is 5.69 Å². The topological polar surface area (TPSA) is 29.3 Å². The first-order valence-electron chi connectivity index (χ1n) is 6.66. The van der Waals surface area contributed by atoms with E-state index in [4.69, 9.17) is 5.73 Å². The smallest absolute Gasteiger partial charge is 0.0396 e. The second-order valence-electron chi connectivity index (χ2n) is 4.87. The molecule has 2 unspecified atom stereocenters. The molecule has 2 nitrogen and oxygen atoms in total. The van der Waals surface area contributed by atoms with E-state index in [-0.39, 0.29) is 6.04 Å². The van der Waals surface area contributed by atoms with Crippen molar-refractivity contribution >= 4 is 5.69 Å². The summed E-state index contributed by atoms with van der Waals surface area (Å²) in [5.41, 5.74) is 8.89. The molecule has 2 heteroatoms. The second kappa shape index (κ2) is 6.65. The van der Waals surface area contributed by atoms with Crippen molar-refractivity contribution in [1.29, 1.82) is 0 Å². The van der Waals surface area contributed by atoms with E-state index in [0.29, 0.717) is 5.92 Å². The zero-order valence-corrected chi connectivity index (χ0v) is 11.6. The van der Waals surface area contributed by atoms with Crippen molar-refractivity contribution in [3.8, 4) is 0 Å². The molecule has 0 bridgehead atoms. The highest BCUT2D eigenvalue weighted by molar-refractivity contribution is 5.52. The van der Waals surface area contributed by atoms with Gasteiger partial charge in [-0.1, -0.05) is 38.5 Å². The Hall–Kier alpha value is -1.02. The number of hydrogen-bond donors (Lipinski definition) is 1. The summed E-state index contributed by atoms with van der Waals surface area (Å²) in [6, 6.07) is 8.77. The maximum atomic E-state index is 6.25. The van der Waals surface area contributed by atoms with Gasteiger partial charge in [-0.3, -0.25) is 0 Å². The van der Waals surface area contributed by atoms with Crippen molar-refractivity contribution in [3.05, 3.63) is 29.8 Å². The molecular formula is C15H26N2. The molecule has 17 heavy (non-hydrogen) atoms. The van der Waals surface area contributed by atoms with E-state index >= 15 is 0 Å². The van der Waals surface area contributed by atoms with Gasteiger partial charge in [-0.25, -0.2) is 0 Å². The molecule has 0 aliphatic rings. The molecule has 0 spiro atoms. The fourth-order valence-corrected chi connectivity index (χ4v) is 2.05. The second-order valence-corrected chi connectivity index (χ2v) is 4.87. The Labute approximate surface area is 106 Å². The first-order valence-corrected chi connectivity index (χ1v) is 6.66. The van der Waals surface area contributed by atoms with E-state index in [2.05, 4.69) is 56.9 Å². The van der Waals surface area contributed by atoms with Gasteiger partial charge < -0.3 is 10.6 Å². The molecule has 0 heterocycles. The summed E-state index contributed by atoms with van der Waals surface area (Å²) in [7, 11) is 0. The molecule has 0 fully saturated rings. The monoisotopic (exact) mass is 234 g/mol. The number of aryl methyl sites for hydroxylation is 1. The Kier molecular flexibility index (Phi) is 5.49. The molecule has 1 aromatic rings. The molecule has 0 aliphatic heterocycles. The van der Waals surface area contributed by atoms with Gasteiger partial charge in [0.15, 0.2) is 0 Å². The van der Waals surface area contributed by atoms with E-state index in [1.54, 1.807) is 0 Å². The lowest BCUT2D eigenvalue weighted by atomic mass is 9.99. The van der Waals surface area contributed by atoms with E-state index in [1.807, 2.05) is 0 Å². The number of para-hydroxylation sites is 1. The van der Waals surface area contributed by atoms with Gasteiger partial charge in [-0.2, -0.15) is 0 Å². The first-order chi connectivity index (χ1) is 8.10. The SMILES string of the molecule is CCC(C)C(N)CN(CC)c1ccccc1C. The zero-order valence-electron chi connectivity index (χ0n) is 11.6. The van der Waals surface area contributed by atoms with Crippen LogP contribution in [0.25, 0.3) is 0 Å². The zero-order chi connectivity index (χ0) is 12.8. The molecular weight excluding hydrogens is 208 g/mol. The van der Waals surface area contributed by atoms with Crippen molar-refractivity contribution in [3.63, 3.8) is 0 Å². The average Bonchev–Trinajstić information content (AvgIpc) is 2.35. The first kappa shape index (κ1) is 14.0. The van der Waals surface area contributed by atoms with Crippen LogP contribution in [0.2, 0.25) is 0 Å². The van der Waals surface area contributed by atoms with Gasteiger partial charge in [0.1, 0.15) is 0 Å². The van der Waals surface area contributed by atoms with Crippen molar-refractivity contribution in [2.24, 2.45) is 11.7 Å². The van der Waals surface area contributed by atoms with Crippen LogP contribution in [-0.4, -0.2) is 19.1 Å². The third-order valence-electron chi connectivity index (χ3n) is 3.64. The van der Waals surface area contributed by atoms with Crippen molar-refractivity contribution < 1.29 is 0 Å². The van der Waals surface area contributed by atoms with Crippen LogP contribution >= 0.6 is 0 Å². The van der Waals surface area contributed by atoms with Crippen molar-refractivity contribution in [2.45, 2.75) is 40.2 Å². The Bertz CT molecular complexity index is 335. The van der Waals surface area contributed by atoms with Crippen molar-refractivity contribution in [1.82, 2.24) is 0 Å². The van der Waals surface area contributed by atoms with Gasteiger partial charge in [0, 0.05) is 24.8 Å². The van der Waals surface area contributed by atoms with Crippen LogP contribution in [0, 0.1) is 12.8 Å². The Morgan fingerprint density at radius 1 is 1.24 bits per heavy atom. The summed E-state index contributed by atoms with van der Waals surface area (Å²) in [6.07, 6.45) is 1.15. The quantitative estimate of drug-likeness (QED) is 0.819. The fraction of sp³-hybridized carbons (Fsp3) is 0.600. The summed E-state index contributed by atoms with van der Waals surface area (Å²) in [5.74, 6) is 0.577. The Morgan fingerprint density at radius 3 is 2.41 bits per heavy atom. The Balaban J connectivity index is 2.76. The maximum absolute atomic E-state index is 6.25. The van der Waals surface area contributed by atoms with E-state index in [9.17, 15) is 0 Å². The van der Waals surface area contributed by atoms with Gasteiger partial charge in [-0.05, 0) is 31.4 Å². The minimum atomic E-state index is 0.250.